The minimum Gasteiger partial charge on any atom is -0.386 e. The molecule has 0 radical (unpaired) electrons. The number of rotatable bonds is 6. The van der Waals surface area contributed by atoms with Gasteiger partial charge in [-0.25, -0.2) is 4.98 Å². The molecule has 5 nitrogen and oxygen atoms in total. The van der Waals surface area contributed by atoms with Gasteiger partial charge in [0, 0.05) is 41.0 Å². The Morgan fingerprint density at radius 1 is 1.23 bits per heavy atom. The number of aliphatic hydroxyl groups is 1. The van der Waals surface area contributed by atoms with E-state index >= 15 is 0 Å². The van der Waals surface area contributed by atoms with Gasteiger partial charge in [0.1, 0.15) is 6.10 Å². The highest BCUT2D eigenvalue weighted by Crippen LogP contribution is 2.29. The predicted octanol–water partition coefficient (Wildman–Crippen LogP) is 3.42. The number of hydrogen-bond donors (Lipinski definition) is 3. The lowest BCUT2D eigenvalue weighted by atomic mass is 10.2. The molecule has 0 fully saturated rings. The summed E-state index contributed by atoms with van der Waals surface area (Å²) < 4.78 is 1.19. The van der Waals surface area contributed by atoms with Crippen LogP contribution in [0.4, 0.5) is 0 Å². The number of thiophene rings is 1. The van der Waals surface area contributed by atoms with Crippen LogP contribution in [0.15, 0.2) is 35.3 Å². The van der Waals surface area contributed by atoms with Crippen molar-refractivity contribution in [3.8, 4) is 0 Å². The highest BCUT2D eigenvalue weighted by Gasteiger charge is 2.12. The normalized spacial score (nSPS) is 13.2. The van der Waals surface area contributed by atoms with E-state index in [9.17, 15) is 5.11 Å². The fraction of sp³-hybridized carbons (Fsp3) is 0.368. The van der Waals surface area contributed by atoms with E-state index in [-0.39, 0.29) is 0 Å². The Balaban J connectivity index is 1.49. The first kappa shape index (κ1) is 18.8. The standard InChI is InChI=1S/C19H24N4OS2/c1-12-16(25-13(2)23-12)8-9-21-19(20-3)22-11-15(24)18-10-14-6-4-5-7-17(14)26-18/h4-7,10,15,24H,8-9,11H2,1-3H3,(H2,20,21,22). The van der Waals surface area contributed by atoms with Gasteiger partial charge in [-0.15, -0.1) is 22.7 Å². The average molecular weight is 389 g/mol. The maximum atomic E-state index is 10.5. The molecule has 0 saturated carbocycles. The van der Waals surface area contributed by atoms with Crippen molar-refractivity contribution in [1.29, 1.82) is 0 Å². The van der Waals surface area contributed by atoms with Gasteiger partial charge in [0.05, 0.1) is 10.7 Å². The van der Waals surface area contributed by atoms with Gasteiger partial charge >= 0.3 is 0 Å². The number of hydrogen-bond acceptors (Lipinski definition) is 5. The molecule has 26 heavy (non-hydrogen) atoms. The number of aliphatic hydroxyl groups excluding tert-OH is 1. The molecule has 3 rings (SSSR count). The highest BCUT2D eigenvalue weighted by molar-refractivity contribution is 7.19. The summed E-state index contributed by atoms with van der Waals surface area (Å²) in [7, 11) is 1.74. The van der Waals surface area contributed by atoms with Crippen molar-refractivity contribution in [3.63, 3.8) is 0 Å². The summed E-state index contributed by atoms with van der Waals surface area (Å²) in [6.07, 6.45) is 0.356. The van der Waals surface area contributed by atoms with Crippen molar-refractivity contribution in [2.24, 2.45) is 4.99 Å². The van der Waals surface area contributed by atoms with Crippen LogP contribution in [0, 0.1) is 13.8 Å². The molecule has 0 aliphatic rings. The number of aryl methyl sites for hydroxylation is 2. The Hall–Kier alpha value is -1.96. The Bertz CT molecular complexity index is 867. The van der Waals surface area contributed by atoms with Gasteiger partial charge in [-0.05, 0) is 31.4 Å². The predicted molar refractivity (Wildman–Crippen MR) is 111 cm³/mol. The first-order valence-electron chi connectivity index (χ1n) is 8.61. The van der Waals surface area contributed by atoms with Crippen molar-refractivity contribution in [1.82, 2.24) is 15.6 Å². The zero-order valence-electron chi connectivity index (χ0n) is 15.2. The molecule has 0 aliphatic carbocycles. The molecule has 0 spiro atoms. The summed E-state index contributed by atoms with van der Waals surface area (Å²) in [5.41, 5.74) is 1.11. The molecule has 2 aromatic heterocycles. The number of nitrogens with zero attached hydrogens (tertiary/aromatic N) is 2. The molecule has 7 heteroatoms. The zero-order valence-corrected chi connectivity index (χ0v) is 16.9. The van der Waals surface area contributed by atoms with Gasteiger partial charge < -0.3 is 15.7 Å². The van der Waals surface area contributed by atoms with Crippen molar-refractivity contribution in [2.45, 2.75) is 26.4 Å². The van der Waals surface area contributed by atoms with Gasteiger partial charge in [0.2, 0.25) is 0 Å². The van der Waals surface area contributed by atoms with Crippen molar-refractivity contribution >= 4 is 38.7 Å². The van der Waals surface area contributed by atoms with Gasteiger partial charge in [0.15, 0.2) is 5.96 Å². The minimum atomic E-state index is -0.558. The molecule has 2 heterocycles. The van der Waals surface area contributed by atoms with E-state index in [0.29, 0.717) is 12.5 Å². The molecule has 1 aromatic carbocycles. The molecule has 3 aromatic rings. The van der Waals surface area contributed by atoms with Crippen LogP contribution in [0.3, 0.4) is 0 Å². The molecule has 138 valence electrons. The summed E-state index contributed by atoms with van der Waals surface area (Å²) in [5.74, 6) is 0.698. The van der Waals surface area contributed by atoms with Crippen molar-refractivity contribution < 1.29 is 5.11 Å². The molecule has 3 N–H and O–H groups in total. The number of thiazole rings is 1. The second-order valence-corrected chi connectivity index (χ2v) is 8.48. The van der Waals surface area contributed by atoms with Crippen molar-refractivity contribution in [3.05, 3.63) is 50.8 Å². The third-order valence-corrected chi connectivity index (χ3v) is 6.45. The van der Waals surface area contributed by atoms with E-state index in [2.05, 4.69) is 38.8 Å². The number of guanidine groups is 1. The lowest BCUT2D eigenvalue weighted by molar-refractivity contribution is 0.184. The Morgan fingerprint density at radius 2 is 2.04 bits per heavy atom. The number of benzene rings is 1. The number of nitrogens with one attached hydrogen (secondary N) is 2. The third-order valence-electron chi connectivity index (χ3n) is 4.10. The van der Waals surface area contributed by atoms with Gasteiger partial charge in [0.25, 0.3) is 0 Å². The van der Waals surface area contributed by atoms with Crippen LogP contribution in [-0.2, 0) is 6.42 Å². The minimum absolute atomic E-state index is 0.422. The molecule has 1 unspecified atom stereocenters. The van der Waals surface area contributed by atoms with Gasteiger partial charge in [-0.2, -0.15) is 0 Å². The summed E-state index contributed by atoms with van der Waals surface area (Å²) in [4.78, 5) is 10.9. The molecule has 0 bridgehead atoms. The van der Waals surface area contributed by atoms with E-state index in [4.69, 9.17) is 0 Å². The van der Waals surface area contributed by atoms with Crippen LogP contribution in [0.5, 0.6) is 0 Å². The Labute approximate surface area is 161 Å². The summed E-state index contributed by atoms with van der Waals surface area (Å²) in [5, 5.41) is 19.2. The summed E-state index contributed by atoms with van der Waals surface area (Å²) in [6, 6.07) is 10.2. The monoisotopic (exact) mass is 388 g/mol. The lowest BCUT2D eigenvalue weighted by Crippen LogP contribution is -2.40. The fourth-order valence-electron chi connectivity index (χ4n) is 2.78. The maximum Gasteiger partial charge on any atom is 0.191 e. The quantitative estimate of drug-likeness (QED) is 0.447. The van der Waals surface area contributed by atoms with Crippen molar-refractivity contribution in [2.75, 3.05) is 20.1 Å². The Morgan fingerprint density at radius 3 is 2.73 bits per heavy atom. The smallest absolute Gasteiger partial charge is 0.191 e. The van der Waals surface area contributed by atoms with E-state index in [1.54, 1.807) is 29.7 Å². The Kier molecular flexibility index (Phi) is 6.24. The van der Waals surface area contributed by atoms with Crippen LogP contribution in [-0.4, -0.2) is 36.2 Å². The summed E-state index contributed by atoms with van der Waals surface area (Å²) in [6.45, 7) is 5.28. The number of fused-ring (bicyclic) bond motifs is 1. The molecule has 0 amide bonds. The summed E-state index contributed by atoms with van der Waals surface area (Å²) >= 11 is 3.37. The number of aromatic nitrogens is 1. The topological polar surface area (TPSA) is 69.5 Å². The molecule has 0 saturated heterocycles. The molecular formula is C19H24N4OS2. The van der Waals surface area contributed by atoms with Crippen LogP contribution in [0.2, 0.25) is 0 Å². The van der Waals surface area contributed by atoms with E-state index in [0.717, 1.165) is 28.5 Å². The zero-order chi connectivity index (χ0) is 18.5. The average Bonchev–Trinajstić information content (AvgIpc) is 3.20. The van der Waals surface area contributed by atoms with Crippen LogP contribution in [0.1, 0.15) is 26.6 Å². The second-order valence-electron chi connectivity index (χ2n) is 6.07. The van der Waals surface area contributed by atoms with E-state index in [1.165, 1.54) is 15.0 Å². The van der Waals surface area contributed by atoms with Crippen LogP contribution < -0.4 is 10.6 Å². The lowest BCUT2D eigenvalue weighted by Gasteiger charge is -2.14. The second kappa shape index (κ2) is 8.62. The SMILES string of the molecule is CN=C(NCCc1sc(C)nc1C)NCC(O)c1cc2ccccc2s1. The van der Waals surface area contributed by atoms with E-state index in [1.807, 2.05) is 26.0 Å². The molecule has 1 atom stereocenters. The molecular weight excluding hydrogens is 364 g/mol. The van der Waals surface area contributed by atoms with Gasteiger partial charge in [-0.3, -0.25) is 4.99 Å². The first-order valence-corrected chi connectivity index (χ1v) is 10.2. The number of aliphatic imine (C=N–C) groups is 1. The maximum absolute atomic E-state index is 10.5. The van der Waals surface area contributed by atoms with Crippen LogP contribution >= 0.6 is 22.7 Å². The molecule has 0 aliphatic heterocycles. The van der Waals surface area contributed by atoms with Crippen LogP contribution in [0.25, 0.3) is 10.1 Å². The van der Waals surface area contributed by atoms with Gasteiger partial charge in [-0.1, -0.05) is 18.2 Å². The van der Waals surface area contributed by atoms with E-state index < -0.39 is 6.10 Å². The highest BCUT2D eigenvalue weighted by atomic mass is 32.1. The fourth-order valence-corrected chi connectivity index (χ4v) is 4.77. The first-order chi connectivity index (χ1) is 12.6. The third kappa shape index (κ3) is 4.60. The largest absolute Gasteiger partial charge is 0.386 e.